The van der Waals surface area contributed by atoms with Crippen molar-refractivity contribution < 1.29 is 13.5 Å². The van der Waals surface area contributed by atoms with E-state index < -0.39 is 10.0 Å². The number of sulfonamides is 1. The average molecular weight is 273 g/mol. The molecule has 1 aliphatic rings. The van der Waals surface area contributed by atoms with Crippen LogP contribution in [0, 0.1) is 5.92 Å². The van der Waals surface area contributed by atoms with E-state index in [0.29, 0.717) is 25.4 Å². The third-order valence-electron chi connectivity index (χ3n) is 3.25. The standard InChI is InChI=1S/C11H19N3O3S/c15-6-2-5-14-9-11(8-12-14)18(16,17)13-7-10-3-1-4-10/h8-10,13,15H,1-7H2. The maximum Gasteiger partial charge on any atom is 0.243 e. The highest BCUT2D eigenvalue weighted by Gasteiger charge is 2.22. The molecule has 0 unspecified atom stereocenters. The maximum absolute atomic E-state index is 11.9. The zero-order chi connectivity index (χ0) is 13.0. The third kappa shape index (κ3) is 3.30. The Morgan fingerprint density at radius 3 is 2.89 bits per heavy atom. The number of hydrogen-bond donors (Lipinski definition) is 2. The van der Waals surface area contributed by atoms with Gasteiger partial charge in [-0.15, -0.1) is 0 Å². The first-order valence-corrected chi connectivity index (χ1v) is 7.73. The lowest BCUT2D eigenvalue weighted by Gasteiger charge is -2.25. The van der Waals surface area contributed by atoms with E-state index in [-0.39, 0.29) is 11.5 Å². The molecule has 1 aromatic rings. The van der Waals surface area contributed by atoms with Gasteiger partial charge in [0.2, 0.25) is 10.0 Å². The number of nitrogens with zero attached hydrogens (tertiary/aromatic N) is 2. The molecule has 1 aliphatic carbocycles. The van der Waals surface area contributed by atoms with Crippen molar-refractivity contribution in [3.63, 3.8) is 0 Å². The molecule has 0 saturated heterocycles. The summed E-state index contributed by atoms with van der Waals surface area (Å²) in [5.41, 5.74) is 0. The Balaban J connectivity index is 1.93. The van der Waals surface area contributed by atoms with E-state index in [2.05, 4.69) is 9.82 Å². The highest BCUT2D eigenvalue weighted by Crippen LogP contribution is 2.25. The van der Waals surface area contributed by atoms with Crippen molar-refractivity contribution in [2.75, 3.05) is 13.2 Å². The monoisotopic (exact) mass is 273 g/mol. The second-order valence-corrected chi connectivity index (χ2v) is 6.43. The minimum atomic E-state index is -3.43. The summed E-state index contributed by atoms with van der Waals surface area (Å²) in [5, 5.41) is 12.7. The quantitative estimate of drug-likeness (QED) is 0.750. The normalized spacial score (nSPS) is 16.7. The van der Waals surface area contributed by atoms with Crippen molar-refractivity contribution in [2.24, 2.45) is 5.92 Å². The van der Waals surface area contributed by atoms with Crippen molar-refractivity contribution >= 4 is 10.0 Å². The Bertz CT molecular complexity index is 479. The molecule has 7 heteroatoms. The lowest BCUT2D eigenvalue weighted by Crippen LogP contribution is -2.32. The highest BCUT2D eigenvalue weighted by molar-refractivity contribution is 7.89. The molecule has 1 saturated carbocycles. The molecule has 102 valence electrons. The van der Waals surface area contributed by atoms with Gasteiger partial charge in [0.25, 0.3) is 0 Å². The van der Waals surface area contributed by atoms with E-state index in [9.17, 15) is 8.42 Å². The predicted molar refractivity (Wildman–Crippen MR) is 66.5 cm³/mol. The van der Waals surface area contributed by atoms with Gasteiger partial charge in [-0.05, 0) is 25.2 Å². The lowest BCUT2D eigenvalue weighted by atomic mass is 9.86. The molecule has 0 atom stereocenters. The van der Waals surface area contributed by atoms with Crippen LogP contribution in [0.15, 0.2) is 17.3 Å². The fourth-order valence-corrected chi connectivity index (χ4v) is 2.91. The minimum Gasteiger partial charge on any atom is -0.396 e. The molecule has 2 rings (SSSR count). The van der Waals surface area contributed by atoms with Gasteiger partial charge < -0.3 is 5.11 Å². The molecule has 6 nitrogen and oxygen atoms in total. The van der Waals surface area contributed by atoms with E-state index in [1.54, 1.807) is 0 Å². The number of nitrogens with one attached hydrogen (secondary N) is 1. The van der Waals surface area contributed by atoms with Gasteiger partial charge in [0.15, 0.2) is 0 Å². The molecular weight excluding hydrogens is 254 g/mol. The Labute approximate surface area is 107 Å². The predicted octanol–water partition coefficient (Wildman–Crippen LogP) is 0.344. The van der Waals surface area contributed by atoms with Crippen LogP contribution in [-0.4, -0.2) is 36.5 Å². The largest absolute Gasteiger partial charge is 0.396 e. The fourth-order valence-electron chi connectivity index (χ4n) is 1.85. The second kappa shape index (κ2) is 5.81. The molecule has 0 aromatic carbocycles. The number of aliphatic hydroxyl groups excluding tert-OH is 1. The van der Waals surface area contributed by atoms with Gasteiger partial charge in [0.1, 0.15) is 4.90 Å². The SMILES string of the molecule is O=S(=O)(NCC1CCC1)c1cnn(CCCO)c1. The van der Waals surface area contributed by atoms with Gasteiger partial charge in [-0.1, -0.05) is 6.42 Å². The van der Waals surface area contributed by atoms with Crippen molar-refractivity contribution in [2.45, 2.75) is 37.1 Å². The van der Waals surface area contributed by atoms with E-state index in [1.165, 1.54) is 23.5 Å². The summed E-state index contributed by atoms with van der Waals surface area (Å²) in [7, 11) is -3.43. The molecule has 0 radical (unpaired) electrons. The number of aliphatic hydroxyl groups is 1. The van der Waals surface area contributed by atoms with Crippen LogP contribution >= 0.6 is 0 Å². The van der Waals surface area contributed by atoms with Gasteiger partial charge in [0.05, 0.1) is 6.20 Å². The summed E-state index contributed by atoms with van der Waals surface area (Å²) < 4.78 is 28.1. The van der Waals surface area contributed by atoms with Crippen LogP contribution in [0.1, 0.15) is 25.7 Å². The van der Waals surface area contributed by atoms with Crippen molar-refractivity contribution in [1.29, 1.82) is 0 Å². The first-order chi connectivity index (χ1) is 8.62. The lowest BCUT2D eigenvalue weighted by molar-refractivity contribution is 0.277. The molecular formula is C11H19N3O3S. The molecule has 1 aromatic heterocycles. The Morgan fingerprint density at radius 2 is 2.28 bits per heavy atom. The van der Waals surface area contributed by atoms with Crippen LogP contribution in [0.4, 0.5) is 0 Å². The minimum absolute atomic E-state index is 0.0713. The zero-order valence-corrected chi connectivity index (χ0v) is 11.1. The maximum atomic E-state index is 11.9. The number of aryl methyl sites for hydroxylation is 1. The second-order valence-electron chi connectivity index (χ2n) is 4.67. The molecule has 1 heterocycles. The first kappa shape index (κ1) is 13.5. The van der Waals surface area contributed by atoms with Crippen molar-refractivity contribution in [3.05, 3.63) is 12.4 Å². The Hall–Kier alpha value is -0.920. The van der Waals surface area contributed by atoms with Gasteiger partial charge in [0, 0.05) is 25.9 Å². The van der Waals surface area contributed by atoms with Gasteiger partial charge in [-0.3, -0.25) is 4.68 Å². The first-order valence-electron chi connectivity index (χ1n) is 6.25. The van der Waals surface area contributed by atoms with Crippen LogP contribution in [0.5, 0.6) is 0 Å². The van der Waals surface area contributed by atoms with Gasteiger partial charge >= 0.3 is 0 Å². The summed E-state index contributed by atoms with van der Waals surface area (Å²) in [4.78, 5) is 0.194. The van der Waals surface area contributed by atoms with Crippen LogP contribution in [0.25, 0.3) is 0 Å². The summed E-state index contributed by atoms with van der Waals surface area (Å²) in [5.74, 6) is 0.490. The van der Waals surface area contributed by atoms with Crippen LogP contribution in [0.3, 0.4) is 0 Å². The molecule has 0 spiro atoms. The summed E-state index contributed by atoms with van der Waals surface area (Å²) in [6.07, 6.45) is 6.83. The van der Waals surface area contributed by atoms with Crippen LogP contribution in [-0.2, 0) is 16.6 Å². The Morgan fingerprint density at radius 1 is 1.50 bits per heavy atom. The van der Waals surface area contributed by atoms with E-state index in [4.69, 9.17) is 5.11 Å². The topological polar surface area (TPSA) is 84.2 Å². The number of hydrogen-bond acceptors (Lipinski definition) is 4. The highest BCUT2D eigenvalue weighted by atomic mass is 32.2. The van der Waals surface area contributed by atoms with Gasteiger partial charge in [-0.2, -0.15) is 5.10 Å². The summed E-state index contributed by atoms with van der Waals surface area (Å²) >= 11 is 0. The summed E-state index contributed by atoms with van der Waals surface area (Å²) in [6, 6.07) is 0. The van der Waals surface area contributed by atoms with Crippen molar-refractivity contribution in [3.8, 4) is 0 Å². The molecule has 18 heavy (non-hydrogen) atoms. The Kier molecular flexibility index (Phi) is 4.36. The number of aromatic nitrogens is 2. The molecule has 0 amide bonds. The van der Waals surface area contributed by atoms with E-state index in [0.717, 1.165) is 12.8 Å². The fraction of sp³-hybridized carbons (Fsp3) is 0.727. The van der Waals surface area contributed by atoms with E-state index >= 15 is 0 Å². The third-order valence-corrected chi connectivity index (χ3v) is 4.63. The average Bonchev–Trinajstić information content (AvgIpc) is 2.73. The number of rotatable bonds is 7. The van der Waals surface area contributed by atoms with Gasteiger partial charge in [-0.25, -0.2) is 13.1 Å². The molecule has 0 bridgehead atoms. The van der Waals surface area contributed by atoms with Crippen molar-refractivity contribution in [1.82, 2.24) is 14.5 Å². The van der Waals surface area contributed by atoms with E-state index in [1.807, 2.05) is 0 Å². The molecule has 2 N–H and O–H groups in total. The van der Waals surface area contributed by atoms with Crippen LogP contribution in [0.2, 0.25) is 0 Å². The molecule has 1 fully saturated rings. The smallest absolute Gasteiger partial charge is 0.243 e. The molecule has 0 aliphatic heterocycles. The van der Waals surface area contributed by atoms with Crippen LogP contribution < -0.4 is 4.72 Å². The summed E-state index contributed by atoms with van der Waals surface area (Å²) in [6.45, 7) is 1.11. The zero-order valence-electron chi connectivity index (χ0n) is 10.2.